The number of ether oxygens (including phenoxy) is 1. The topological polar surface area (TPSA) is 114 Å². The van der Waals surface area contributed by atoms with E-state index < -0.39 is 28.8 Å². The van der Waals surface area contributed by atoms with Gasteiger partial charge in [0.25, 0.3) is 0 Å². The van der Waals surface area contributed by atoms with Crippen molar-refractivity contribution in [3.8, 4) is 0 Å². The summed E-state index contributed by atoms with van der Waals surface area (Å²) in [6, 6.07) is -0.842. The van der Waals surface area contributed by atoms with Crippen LogP contribution in [0.25, 0.3) is 10.4 Å². The minimum Gasteiger partial charge on any atom is -0.458 e. The molecule has 1 saturated heterocycles. The van der Waals surface area contributed by atoms with Gasteiger partial charge < -0.3 is 18.9 Å². The van der Waals surface area contributed by atoms with Crippen molar-refractivity contribution in [1.82, 2.24) is 4.90 Å². The fourth-order valence-corrected chi connectivity index (χ4v) is 3.34. The molecule has 170 valence electrons. The Balaban J connectivity index is 2.93. The summed E-state index contributed by atoms with van der Waals surface area (Å²) in [4.78, 5) is 29.1. The molecule has 0 aromatic heterocycles. The first-order valence-electron chi connectivity index (χ1n) is 10.4. The number of esters is 1. The summed E-state index contributed by atoms with van der Waals surface area (Å²) < 4.78 is 17.6. The number of carbonyl (C=O) groups excluding carboxylic acids is 2. The molecule has 0 saturated carbocycles. The van der Waals surface area contributed by atoms with E-state index in [1.54, 1.807) is 27.8 Å². The second kappa shape index (κ2) is 10.0. The van der Waals surface area contributed by atoms with Gasteiger partial charge in [0.1, 0.15) is 11.6 Å². The number of nitrogens with zero attached hydrogens (tertiary/aromatic N) is 4. The Bertz CT molecular complexity index is 655. The summed E-state index contributed by atoms with van der Waals surface area (Å²) in [5.41, 5.74) is 7.30. The van der Waals surface area contributed by atoms with Gasteiger partial charge >= 0.3 is 13.1 Å². The number of hydrogen-bond acceptors (Lipinski definition) is 6. The molecule has 0 unspecified atom stereocenters. The maximum absolute atomic E-state index is 12.9. The fourth-order valence-electron chi connectivity index (χ4n) is 3.34. The van der Waals surface area contributed by atoms with E-state index in [9.17, 15) is 9.59 Å². The number of rotatable bonds is 9. The molecule has 0 aromatic carbocycles. The average Bonchev–Trinajstić information content (AvgIpc) is 2.77. The zero-order chi connectivity index (χ0) is 23.3. The summed E-state index contributed by atoms with van der Waals surface area (Å²) in [7, 11) is 1.22. The zero-order valence-corrected chi connectivity index (χ0v) is 19.9. The predicted octanol–water partition coefficient (Wildman–Crippen LogP) is 3.97. The molecule has 0 N–H and O–H groups in total. The molecule has 1 fully saturated rings. The highest BCUT2D eigenvalue weighted by Crippen LogP contribution is 2.38. The average molecular weight is 424 g/mol. The number of azide groups is 1. The third-order valence-electron chi connectivity index (χ3n) is 5.70. The minimum atomic E-state index is -0.842. The lowest BCUT2D eigenvalue weighted by atomic mass is 9.80. The molecule has 0 spiro atoms. The standard InChI is InChI=1S/C20H37BN4O5/c1-14(26)25(9)16(17(27)28-18(2,3)4)15(13-23-24-22)11-10-12-21-29-19(5,6)20(7,8)30-21/h15-16H,10-13H2,1-9H3/t15-,16+/m1/s1. The molecule has 9 nitrogen and oxygen atoms in total. The fraction of sp³-hybridized carbons (Fsp3) is 0.900. The molecular formula is C20H37BN4O5. The first-order valence-corrected chi connectivity index (χ1v) is 10.4. The summed E-state index contributed by atoms with van der Waals surface area (Å²) in [5.74, 6) is -1.15. The van der Waals surface area contributed by atoms with Crippen LogP contribution in [0, 0.1) is 5.92 Å². The Morgan fingerprint density at radius 3 is 2.17 bits per heavy atom. The van der Waals surface area contributed by atoms with Gasteiger partial charge in [-0.1, -0.05) is 11.5 Å². The molecule has 0 aliphatic carbocycles. The largest absolute Gasteiger partial charge is 0.458 e. The third kappa shape index (κ3) is 7.18. The van der Waals surface area contributed by atoms with Gasteiger partial charge in [-0.15, -0.1) is 0 Å². The normalized spacial score (nSPS) is 19.6. The molecule has 1 aliphatic heterocycles. The van der Waals surface area contributed by atoms with Crippen LogP contribution in [-0.2, 0) is 23.6 Å². The lowest BCUT2D eigenvalue weighted by Crippen LogP contribution is -2.49. The monoisotopic (exact) mass is 424 g/mol. The molecule has 30 heavy (non-hydrogen) atoms. The van der Waals surface area contributed by atoms with Crippen LogP contribution >= 0.6 is 0 Å². The van der Waals surface area contributed by atoms with Gasteiger partial charge in [0, 0.05) is 25.4 Å². The second-order valence-electron chi connectivity index (χ2n) is 9.90. The van der Waals surface area contributed by atoms with Crippen molar-refractivity contribution in [1.29, 1.82) is 0 Å². The SMILES string of the molecule is CC(=O)N(C)[C@H](C(=O)OC(C)(C)C)[C@H](CCCB1OC(C)(C)C(C)(C)O1)CN=[N+]=[N-]. The first-order chi connectivity index (χ1) is 13.6. The quantitative estimate of drug-likeness (QED) is 0.183. The molecule has 1 heterocycles. The third-order valence-corrected chi connectivity index (χ3v) is 5.70. The van der Waals surface area contributed by atoms with Crippen LogP contribution in [0.5, 0.6) is 0 Å². The maximum Gasteiger partial charge on any atom is 0.457 e. The summed E-state index contributed by atoms with van der Waals surface area (Å²) >= 11 is 0. The van der Waals surface area contributed by atoms with Crippen molar-refractivity contribution in [2.75, 3.05) is 13.6 Å². The van der Waals surface area contributed by atoms with Crippen molar-refractivity contribution in [3.63, 3.8) is 0 Å². The van der Waals surface area contributed by atoms with E-state index in [0.717, 1.165) is 0 Å². The molecule has 2 atom stereocenters. The van der Waals surface area contributed by atoms with Gasteiger partial charge in [-0.25, -0.2) is 4.79 Å². The van der Waals surface area contributed by atoms with E-state index in [1.807, 2.05) is 27.7 Å². The second-order valence-corrected chi connectivity index (χ2v) is 9.90. The summed E-state index contributed by atoms with van der Waals surface area (Å²) in [6.45, 7) is 14.8. The van der Waals surface area contributed by atoms with Crippen LogP contribution in [0.2, 0.25) is 6.32 Å². The van der Waals surface area contributed by atoms with Crippen LogP contribution in [0.15, 0.2) is 5.11 Å². The van der Waals surface area contributed by atoms with Gasteiger partial charge in [0.2, 0.25) is 5.91 Å². The van der Waals surface area contributed by atoms with Gasteiger partial charge in [-0.2, -0.15) is 0 Å². The summed E-state index contributed by atoms with van der Waals surface area (Å²) in [5, 5.41) is 3.68. The number of likely N-dealkylation sites (N-methyl/N-ethyl adjacent to an activating group) is 1. The number of carbonyl (C=O) groups is 2. The van der Waals surface area contributed by atoms with Crippen molar-refractivity contribution in [2.24, 2.45) is 11.0 Å². The molecule has 1 aliphatic rings. The molecule has 0 bridgehead atoms. The van der Waals surface area contributed by atoms with Crippen molar-refractivity contribution >= 4 is 19.0 Å². The van der Waals surface area contributed by atoms with Crippen LogP contribution in [-0.4, -0.2) is 60.3 Å². The lowest BCUT2D eigenvalue weighted by Gasteiger charge is -2.34. The predicted molar refractivity (Wildman–Crippen MR) is 116 cm³/mol. The first kappa shape index (κ1) is 26.3. The Kier molecular flexibility index (Phi) is 8.78. The van der Waals surface area contributed by atoms with E-state index in [2.05, 4.69) is 10.0 Å². The van der Waals surface area contributed by atoms with Crippen LogP contribution in [0.1, 0.15) is 68.2 Å². The Labute approximate surface area is 180 Å². The Morgan fingerprint density at radius 2 is 1.73 bits per heavy atom. The molecule has 0 aromatic rings. The van der Waals surface area contributed by atoms with E-state index in [4.69, 9.17) is 19.6 Å². The van der Waals surface area contributed by atoms with Crippen LogP contribution in [0.4, 0.5) is 0 Å². The van der Waals surface area contributed by atoms with Gasteiger partial charge in [-0.05, 0) is 72.7 Å². The smallest absolute Gasteiger partial charge is 0.457 e. The molecule has 0 radical (unpaired) electrons. The maximum atomic E-state index is 12.9. The van der Waals surface area contributed by atoms with Crippen molar-refractivity contribution in [3.05, 3.63) is 10.4 Å². The number of hydrogen-bond donors (Lipinski definition) is 0. The lowest BCUT2D eigenvalue weighted by molar-refractivity contribution is -0.166. The summed E-state index contributed by atoms with van der Waals surface area (Å²) in [6.07, 6.45) is 1.85. The van der Waals surface area contributed by atoms with E-state index in [1.165, 1.54) is 11.8 Å². The van der Waals surface area contributed by atoms with Crippen molar-refractivity contribution < 1.29 is 23.6 Å². The highest BCUT2D eigenvalue weighted by molar-refractivity contribution is 6.45. The minimum absolute atomic E-state index is 0.0847. The van der Waals surface area contributed by atoms with E-state index in [0.29, 0.717) is 19.2 Å². The molecular weight excluding hydrogens is 387 g/mol. The Hall–Kier alpha value is -1.77. The molecule has 1 amide bonds. The highest BCUT2D eigenvalue weighted by atomic mass is 16.7. The zero-order valence-electron chi connectivity index (χ0n) is 19.9. The van der Waals surface area contributed by atoms with E-state index in [-0.39, 0.29) is 25.5 Å². The van der Waals surface area contributed by atoms with Gasteiger partial charge in [0.15, 0.2) is 0 Å². The molecule has 10 heteroatoms. The van der Waals surface area contributed by atoms with Crippen LogP contribution in [0.3, 0.4) is 0 Å². The highest BCUT2D eigenvalue weighted by Gasteiger charge is 2.50. The Morgan fingerprint density at radius 1 is 1.20 bits per heavy atom. The van der Waals surface area contributed by atoms with Gasteiger partial charge in [-0.3, -0.25) is 4.79 Å². The number of amides is 1. The van der Waals surface area contributed by atoms with Gasteiger partial charge in [0.05, 0.1) is 11.2 Å². The molecule has 1 rings (SSSR count). The van der Waals surface area contributed by atoms with Crippen LogP contribution < -0.4 is 0 Å². The van der Waals surface area contributed by atoms with Crippen molar-refractivity contribution in [2.45, 2.75) is 97.4 Å². The van der Waals surface area contributed by atoms with E-state index >= 15 is 0 Å².